The maximum absolute atomic E-state index is 12.8. The summed E-state index contributed by atoms with van der Waals surface area (Å²) >= 11 is 0. The number of rotatable bonds is 4. The number of carbonyl (C=O) groups excluding carboxylic acids is 1. The minimum atomic E-state index is -0.352. The average molecular weight is 297 g/mol. The van der Waals surface area contributed by atoms with Crippen LogP contribution in [0.3, 0.4) is 0 Å². The molecule has 0 aliphatic heterocycles. The molecule has 2 heterocycles. The van der Waals surface area contributed by atoms with Crippen LogP contribution in [0.1, 0.15) is 5.82 Å². The van der Waals surface area contributed by atoms with Gasteiger partial charge in [0.15, 0.2) is 5.82 Å². The summed E-state index contributed by atoms with van der Waals surface area (Å²) in [4.78, 5) is 20.1. The average Bonchev–Trinajstić information content (AvgIpc) is 2.99. The minimum absolute atomic E-state index is 0.0463. The van der Waals surface area contributed by atoms with Gasteiger partial charge in [-0.25, -0.2) is 9.37 Å². The van der Waals surface area contributed by atoms with Crippen LogP contribution in [0.2, 0.25) is 0 Å². The number of nitrogens with one attached hydrogen (secondary N) is 2. The first-order chi connectivity index (χ1) is 10.7. The Balaban J connectivity index is 1.65. The van der Waals surface area contributed by atoms with Crippen molar-refractivity contribution in [2.45, 2.75) is 6.42 Å². The van der Waals surface area contributed by atoms with E-state index in [1.807, 2.05) is 6.07 Å². The SMILES string of the molecule is O=C(Cc1nc(-c2cccnc2)n[nH]1)Nc1ccc(F)cc1. The Morgan fingerprint density at radius 2 is 2.05 bits per heavy atom. The van der Waals surface area contributed by atoms with E-state index in [4.69, 9.17) is 0 Å². The van der Waals surface area contributed by atoms with Gasteiger partial charge in [-0.1, -0.05) is 0 Å². The van der Waals surface area contributed by atoms with Gasteiger partial charge in [0.1, 0.15) is 11.6 Å². The molecule has 3 rings (SSSR count). The predicted octanol–water partition coefficient (Wildman–Crippen LogP) is 2.19. The van der Waals surface area contributed by atoms with Gasteiger partial charge in [-0.05, 0) is 36.4 Å². The smallest absolute Gasteiger partial charge is 0.232 e. The van der Waals surface area contributed by atoms with E-state index >= 15 is 0 Å². The second-order valence-electron chi connectivity index (χ2n) is 4.58. The molecule has 3 aromatic rings. The van der Waals surface area contributed by atoms with Gasteiger partial charge in [0.25, 0.3) is 0 Å². The molecule has 2 aromatic heterocycles. The van der Waals surface area contributed by atoms with Gasteiger partial charge in [0.2, 0.25) is 5.91 Å². The van der Waals surface area contributed by atoms with Crippen LogP contribution in [-0.2, 0) is 11.2 Å². The van der Waals surface area contributed by atoms with Crippen molar-refractivity contribution in [1.29, 1.82) is 0 Å². The minimum Gasteiger partial charge on any atom is -0.326 e. The van der Waals surface area contributed by atoms with Gasteiger partial charge in [0, 0.05) is 23.6 Å². The number of aromatic nitrogens is 4. The zero-order valence-corrected chi connectivity index (χ0v) is 11.5. The Morgan fingerprint density at radius 3 is 2.77 bits per heavy atom. The van der Waals surface area contributed by atoms with E-state index in [0.717, 1.165) is 5.56 Å². The van der Waals surface area contributed by atoms with Crippen LogP contribution < -0.4 is 5.32 Å². The summed E-state index contributed by atoms with van der Waals surface area (Å²) in [5, 5.41) is 9.43. The van der Waals surface area contributed by atoms with Gasteiger partial charge in [-0.2, -0.15) is 5.10 Å². The number of carbonyl (C=O) groups is 1. The van der Waals surface area contributed by atoms with E-state index in [9.17, 15) is 9.18 Å². The van der Waals surface area contributed by atoms with Crippen LogP contribution in [0.5, 0.6) is 0 Å². The third-order valence-electron chi connectivity index (χ3n) is 2.91. The van der Waals surface area contributed by atoms with E-state index in [0.29, 0.717) is 17.3 Å². The van der Waals surface area contributed by atoms with Crippen molar-refractivity contribution in [2.24, 2.45) is 0 Å². The van der Waals surface area contributed by atoms with Gasteiger partial charge in [-0.3, -0.25) is 14.9 Å². The highest BCUT2D eigenvalue weighted by molar-refractivity contribution is 5.91. The summed E-state index contributed by atoms with van der Waals surface area (Å²) in [7, 11) is 0. The molecule has 0 bridgehead atoms. The Hall–Kier alpha value is -3.09. The van der Waals surface area contributed by atoms with Crippen molar-refractivity contribution in [2.75, 3.05) is 5.32 Å². The molecule has 0 spiro atoms. The standard InChI is InChI=1S/C15H12FN5O/c16-11-3-5-12(6-4-11)18-14(22)8-13-19-15(21-20-13)10-2-1-7-17-9-10/h1-7,9H,8H2,(H,18,22)(H,19,20,21). The largest absolute Gasteiger partial charge is 0.326 e. The monoisotopic (exact) mass is 297 g/mol. The predicted molar refractivity (Wildman–Crippen MR) is 78.3 cm³/mol. The summed E-state index contributed by atoms with van der Waals surface area (Å²) in [6.45, 7) is 0. The highest BCUT2D eigenvalue weighted by Crippen LogP contribution is 2.13. The maximum atomic E-state index is 12.8. The molecule has 1 amide bonds. The van der Waals surface area contributed by atoms with Gasteiger partial charge >= 0.3 is 0 Å². The first kappa shape index (κ1) is 13.9. The molecule has 0 atom stereocenters. The molecule has 0 radical (unpaired) electrons. The topological polar surface area (TPSA) is 83.6 Å². The fourth-order valence-electron chi connectivity index (χ4n) is 1.89. The van der Waals surface area contributed by atoms with Crippen LogP contribution in [0.25, 0.3) is 11.4 Å². The van der Waals surface area contributed by atoms with E-state index in [1.54, 1.807) is 18.5 Å². The molecule has 0 fully saturated rings. The van der Waals surface area contributed by atoms with Gasteiger partial charge < -0.3 is 5.32 Å². The van der Waals surface area contributed by atoms with Gasteiger partial charge in [-0.15, -0.1) is 0 Å². The Labute approximate surface area is 125 Å². The Morgan fingerprint density at radius 1 is 1.23 bits per heavy atom. The Kier molecular flexibility index (Phi) is 3.86. The number of H-pyrrole nitrogens is 1. The number of aromatic amines is 1. The molecule has 22 heavy (non-hydrogen) atoms. The van der Waals surface area contributed by atoms with E-state index in [-0.39, 0.29) is 18.1 Å². The number of anilines is 1. The molecule has 0 aliphatic carbocycles. The number of pyridine rings is 1. The van der Waals surface area contributed by atoms with Crippen molar-refractivity contribution in [3.05, 3.63) is 60.4 Å². The zero-order chi connectivity index (χ0) is 15.4. The van der Waals surface area contributed by atoms with Crippen molar-refractivity contribution >= 4 is 11.6 Å². The number of nitrogens with zero attached hydrogens (tertiary/aromatic N) is 3. The highest BCUT2D eigenvalue weighted by Gasteiger charge is 2.10. The summed E-state index contributed by atoms with van der Waals surface area (Å²) in [5.41, 5.74) is 1.29. The number of halogens is 1. The quantitative estimate of drug-likeness (QED) is 0.773. The van der Waals surface area contributed by atoms with Crippen LogP contribution in [-0.4, -0.2) is 26.1 Å². The van der Waals surface area contributed by atoms with Crippen molar-refractivity contribution in [1.82, 2.24) is 20.2 Å². The van der Waals surface area contributed by atoms with E-state index < -0.39 is 0 Å². The lowest BCUT2D eigenvalue weighted by Crippen LogP contribution is -2.15. The third kappa shape index (κ3) is 3.32. The Bertz CT molecular complexity index is 770. The van der Waals surface area contributed by atoms with Crippen LogP contribution in [0.15, 0.2) is 48.8 Å². The van der Waals surface area contributed by atoms with E-state index in [2.05, 4.69) is 25.5 Å². The zero-order valence-electron chi connectivity index (χ0n) is 11.5. The summed E-state index contributed by atoms with van der Waals surface area (Å²) in [5.74, 6) is 0.311. The molecule has 0 unspecified atom stereocenters. The number of amides is 1. The summed E-state index contributed by atoms with van der Waals surface area (Å²) in [6, 6.07) is 9.17. The molecule has 6 nitrogen and oxygen atoms in total. The van der Waals surface area contributed by atoms with Gasteiger partial charge in [0.05, 0.1) is 6.42 Å². The molecular weight excluding hydrogens is 285 g/mol. The molecule has 7 heteroatoms. The fourth-order valence-corrected chi connectivity index (χ4v) is 1.89. The van der Waals surface area contributed by atoms with Crippen LogP contribution in [0.4, 0.5) is 10.1 Å². The second-order valence-corrected chi connectivity index (χ2v) is 4.58. The summed E-state index contributed by atoms with van der Waals surface area (Å²) < 4.78 is 12.8. The molecule has 110 valence electrons. The first-order valence-corrected chi connectivity index (χ1v) is 6.58. The fraction of sp³-hybridized carbons (Fsp3) is 0.0667. The molecule has 0 aliphatic rings. The summed E-state index contributed by atoms with van der Waals surface area (Å²) in [6.07, 6.45) is 3.35. The second kappa shape index (κ2) is 6.13. The van der Waals surface area contributed by atoms with Crippen LogP contribution >= 0.6 is 0 Å². The number of hydrogen-bond acceptors (Lipinski definition) is 4. The normalized spacial score (nSPS) is 10.4. The van der Waals surface area contributed by atoms with Crippen LogP contribution in [0, 0.1) is 5.82 Å². The number of hydrogen-bond donors (Lipinski definition) is 2. The van der Waals surface area contributed by atoms with E-state index in [1.165, 1.54) is 24.3 Å². The van der Waals surface area contributed by atoms with Crippen molar-refractivity contribution in [3.8, 4) is 11.4 Å². The first-order valence-electron chi connectivity index (χ1n) is 6.58. The lowest BCUT2D eigenvalue weighted by molar-refractivity contribution is -0.115. The molecular formula is C15H12FN5O. The lowest BCUT2D eigenvalue weighted by atomic mass is 10.3. The molecule has 0 saturated heterocycles. The number of benzene rings is 1. The van der Waals surface area contributed by atoms with Crippen molar-refractivity contribution < 1.29 is 9.18 Å². The third-order valence-corrected chi connectivity index (χ3v) is 2.91. The molecule has 2 N–H and O–H groups in total. The highest BCUT2D eigenvalue weighted by atomic mass is 19.1. The lowest BCUT2D eigenvalue weighted by Gasteiger charge is -2.03. The van der Waals surface area contributed by atoms with Crippen molar-refractivity contribution in [3.63, 3.8) is 0 Å². The maximum Gasteiger partial charge on any atom is 0.232 e. The molecule has 0 saturated carbocycles. The molecule has 1 aromatic carbocycles.